The van der Waals surface area contributed by atoms with Crippen LogP contribution in [-0.4, -0.2) is 28.4 Å². The zero-order chi connectivity index (χ0) is 18.6. The van der Waals surface area contributed by atoms with Gasteiger partial charge in [-0.25, -0.2) is 4.98 Å². The minimum absolute atomic E-state index is 0.0425. The van der Waals surface area contributed by atoms with Gasteiger partial charge < -0.3 is 9.84 Å². The van der Waals surface area contributed by atoms with Crippen molar-refractivity contribution < 1.29 is 19.4 Å². The molecule has 0 bridgehead atoms. The highest BCUT2D eigenvalue weighted by molar-refractivity contribution is 9.10. The van der Waals surface area contributed by atoms with Gasteiger partial charge in [-0.1, -0.05) is 23.8 Å². The molecule has 0 aliphatic carbocycles. The average Bonchev–Trinajstić information content (AvgIpc) is 2.55. The Kier molecular flexibility index (Phi) is 6.31. The van der Waals surface area contributed by atoms with E-state index in [1.54, 1.807) is 13.0 Å². The van der Waals surface area contributed by atoms with Crippen LogP contribution in [0.5, 0.6) is 5.75 Å². The summed E-state index contributed by atoms with van der Waals surface area (Å²) < 4.78 is 5.20. The zero-order valence-corrected chi connectivity index (χ0v) is 16.0. The molecule has 0 aliphatic rings. The maximum atomic E-state index is 12.4. The van der Waals surface area contributed by atoms with Crippen LogP contribution in [0.15, 0.2) is 28.7 Å². The normalized spacial score (nSPS) is 10.6. The average molecular weight is 406 g/mol. The van der Waals surface area contributed by atoms with Gasteiger partial charge in [0, 0.05) is 12.0 Å². The van der Waals surface area contributed by atoms with Crippen molar-refractivity contribution in [2.45, 2.75) is 33.6 Å². The summed E-state index contributed by atoms with van der Waals surface area (Å²) in [6.07, 6.45) is -0.110. The van der Waals surface area contributed by atoms with E-state index >= 15 is 0 Å². The molecule has 5 nitrogen and oxygen atoms in total. The Hall–Kier alpha value is -2.21. The lowest BCUT2D eigenvalue weighted by Gasteiger charge is -2.11. The first-order valence-electron chi connectivity index (χ1n) is 7.99. The van der Waals surface area contributed by atoms with Crippen molar-refractivity contribution in [3.05, 3.63) is 45.6 Å². The summed E-state index contributed by atoms with van der Waals surface area (Å²) in [6.45, 7) is 5.94. The number of hydrogen-bond donors (Lipinski definition) is 1. The zero-order valence-electron chi connectivity index (χ0n) is 14.4. The van der Waals surface area contributed by atoms with Crippen LogP contribution in [0.3, 0.4) is 0 Å². The van der Waals surface area contributed by atoms with Gasteiger partial charge in [0.1, 0.15) is 5.69 Å². The van der Waals surface area contributed by atoms with Crippen LogP contribution < -0.4 is 0 Å². The molecule has 0 unspecified atom stereocenters. The van der Waals surface area contributed by atoms with E-state index in [1.165, 1.54) is 0 Å². The van der Waals surface area contributed by atoms with Crippen molar-refractivity contribution in [2.24, 2.45) is 0 Å². The Bertz CT molecular complexity index is 817. The number of carbonyl (C=O) groups excluding carboxylic acids is 2. The van der Waals surface area contributed by atoms with Gasteiger partial charge in [0.05, 0.1) is 23.2 Å². The molecule has 0 spiro atoms. The highest BCUT2D eigenvalue weighted by Crippen LogP contribution is 2.33. The van der Waals surface area contributed by atoms with Crippen LogP contribution in [0.1, 0.15) is 41.4 Å². The third kappa shape index (κ3) is 4.66. The van der Waals surface area contributed by atoms with E-state index in [4.69, 9.17) is 4.74 Å². The molecule has 1 N–H and O–H groups in total. The predicted octanol–water partition coefficient (Wildman–Crippen LogP) is 4.36. The number of aromatic hydroxyl groups is 1. The van der Waals surface area contributed by atoms with Crippen molar-refractivity contribution in [3.8, 4) is 17.0 Å². The van der Waals surface area contributed by atoms with Gasteiger partial charge in [-0.15, -0.1) is 0 Å². The number of Topliss-reactive ketones (excluding diaryl/α,β-unsaturated/α-hetero) is 1. The van der Waals surface area contributed by atoms with E-state index in [2.05, 4.69) is 20.9 Å². The first-order chi connectivity index (χ1) is 11.8. The van der Waals surface area contributed by atoms with Crippen LogP contribution in [0.2, 0.25) is 0 Å². The van der Waals surface area contributed by atoms with E-state index in [1.807, 2.05) is 32.0 Å². The van der Waals surface area contributed by atoms with Crippen molar-refractivity contribution in [1.29, 1.82) is 0 Å². The van der Waals surface area contributed by atoms with Crippen LogP contribution in [-0.2, 0) is 9.53 Å². The lowest BCUT2D eigenvalue weighted by Crippen LogP contribution is -2.10. The van der Waals surface area contributed by atoms with Gasteiger partial charge in [0.2, 0.25) is 0 Å². The SMILES string of the molecule is CCOC(=O)CCC(=O)c1nc(-c2ccc(C)cc2C)cc(Br)c1O. The number of aromatic nitrogens is 1. The second-order valence-corrected chi connectivity index (χ2v) is 6.59. The van der Waals surface area contributed by atoms with Gasteiger partial charge in [0.15, 0.2) is 11.5 Å². The highest BCUT2D eigenvalue weighted by atomic mass is 79.9. The molecule has 132 valence electrons. The molecule has 1 aromatic carbocycles. The summed E-state index contributed by atoms with van der Waals surface area (Å²) in [7, 11) is 0. The second-order valence-electron chi connectivity index (χ2n) is 5.73. The first-order valence-corrected chi connectivity index (χ1v) is 8.78. The minimum atomic E-state index is -0.445. The topological polar surface area (TPSA) is 76.5 Å². The lowest BCUT2D eigenvalue weighted by molar-refractivity contribution is -0.143. The van der Waals surface area contributed by atoms with Gasteiger partial charge in [-0.2, -0.15) is 0 Å². The number of pyridine rings is 1. The number of ether oxygens (including phenoxy) is 1. The molecule has 0 amide bonds. The Morgan fingerprint density at radius 2 is 1.92 bits per heavy atom. The molecule has 0 aliphatic heterocycles. The van der Waals surface area contributed by atoms with Crippen molar-refractivity contribution in [3.63, 3.8) is 0 Å². The smallest absolute Gasteiger partial charge is 0.306 e. The van der Waals surface area contributed by atoms with E-state index in [0.717, 1.165) is 16.7 Å². The van der Waals surface area contributed by atoms with E-state index < -0.39 is 11.8 Å². The molecule has 0 saturated carbocycles. The third-order valence-corrected chi connectivity index (χ3v) is 4.33. The lowest BCUT2D eigenvalue weighted by atomic mass is 10.0. The van der Waals surface area contributed by atoms with Crippen molar-refractivity contribution in [1.82, 2.24) is 4.98 Å². The van der Waals surface area contributed by atoms with Gasteiger partial charge >= 0.3 is 5.97 Å². The first kappa shape index (κ1) is 19.1. The quantitative estimate of drug-likeness (QED) is 0.570. The molecule has 6 heteroatoms. The molecule has 25 heavy (non-hydrogen) atoms. The summed E-state index contributed by atoms with van der Waals surface area (Å²) >= 11 is 3.27. The van der Waals surface area contributed by atoms with Crippen LogP contribution in [0.4, 0.5) is 0 Å². The monoisotopic (exact) mass is 405 g/mol. The maximum absolute atomic E-state index is 12.4. The number of hydrogen-bond acceptors (Lipinski definition) is 5. The van der Waals surface area contributed by atoms with Gasteiger partial charge in [0.25, 0.3) is 0 Å². The van der Waals surface area contributed by atoms with Gasteiger partial charge in [-0.05, 0) is 48.3 Å². The van der Waals surface area contributed by atoms with E-state index in [0.29, 0.717) is 10.2 Å². The van der Waals surface area contributed by atoms with Crippen LogP contribution in [0, 0.1) is 13.8 Å². The summed E-state index contributed by atoms with van der Waals surface area (Å²) in [5.74, 6) is -1.07. The molecule has 2 aromatic rings. The Labute approximate surface area is 155 Å². The number of nitrogens with zero attached hydrogens (tertiary/aromatic N) is 1. The number of rotatable bonds is 6. The fourth-order valence-corrected chi connectivity index (χ4v) is 2.91. The third-order valence-electron chi connectivity index (χ3n) is 3.73. The largest absolute Gasteiger partial charge is 0.504 e. The molecule has 0 saturated heterocycles. The fourth-order valence-electron chi connectivity index (χ4n) is 2.51. The maximum Gasteiger partial charge on any atom is 0.306 e. The molecule has 1 aromatic heterocycles. The Morgan fingerprint density at radius 3 is 2.56 bits per heavy atom. The number of aryl methyl sites for hydroxylation is 2. The number of benzene rings is 1. The molecular formula is C19H20BrNO4. The van der Waals surface area contributed by atoms with Crippen molar-refractivity contribution >= 4 is 27.7 Å². The Morgan fingerprint density at radius 1 is 1.20 bits per heavy atom. The second kappa shape index (κ2) is 8.25. The Balaban J connectivity index is 2.34. The summed E-state index contributed by atoms with van der Waals surface area (Å²) in [4.78, 5) is 28.2. The highest BCUT2D eigenvalue weighted by Gasteiger charge is 2.19. The van der Waals surface area contributed by atoms with Gasteiger partial charge in [-0.3, -0.25) is 9.59 Å². The van der Waals surface area contributed by atoms with Crippen LogP contribution in [0.25, 0.3) is 11.3 Å². The fraction of sp³-hybridized carbons (Fsp3) is 0.316. The molecule has 2 rings (SSSR count). The van der Waals surface area contributed by atoms with Crippen LogP contribution >= 0.6 is 15.9 Å². The summed E-state index contributed by atoms with van der Waals surface area (Å²) in [5, 5.41) is 10.2. The summed E-state index contributed by atoms with van der Waals surface area (Å²) in [5.41, 5.74) is 3.57. The number of carbonyl (C=O) groups is 2. The minimum Gasteiger partial charge on any atom is -0.504 e. The molecule has 0 atom stereocenters. The molecule has 0 radical (unpaired) electrons. The standard InChI is InChI=1S/C19H20BrNO4/c1-4-25-17(23)8-7-16(22)18-19(24)14(20)10-15(21-18)13-6-5-11(2)9-12(13)3/h5-6,9-10,24H,4,7-8H2,1-3H3. The van der Waals surface area contributed by atoms with E-state index in [-0.39, 0.29) is 30.9 Å². The molecule has 1 heterocycles. The summed E-state index contributed by atoms with van der Waals surface area (Å²) in [6, 6.07) is 7.60. The van der Waals surface area contributed by atoms with E-state index in [9.17, 15) is 14.7 Å². The number of ketones is 1. The molecular weight excluding hydrogens is 386 g/mol. The number of esters is 1. The molecule has 0 fully saturated rings. The predicted molar refractivity (Wildman–Crippen MR) is 98.7 cm³/mol. The number of halogens is 1. The van der Waals surface area contributed by atoms with Crippen molar-refractivity contribution in [2.75, 3.05) is 6.61 Å².